The Morgan fingerprint density at radius 2 is 2.06 bits per heavy atom. The number of hydrogen-bond donors (Lipinski definition) is 2. The molecule has 3 N–H and O–H groups in total. The van der Waals surface area contributed by atoms with Crippen molar-refractivity contribution in [3.8, 4) is 0 Å². The first-order valence-electron chi connectivity index (χ1n) is 5.40. The fraction of sp³-hybridized carbons (Fsp3) is 0.500. The van der Waals surface area contributed by atoms with Crippen LogP contribution in [0.15, 0.2) is 17.3 Å². The van der Waals surface area contributed by atoms with Gasteiger partial charge in [0.1, 0.15) is 10.9 Å². The van der Waals surface area contributed by atoms with Crippen LogP contribution in [0.4, 0.5) is 0 Å². The summed E-state index contributed by atoms with van der Waals surface area (Å²) >= 11 is 1.69. The molecule has 1 aromatic rings. The molecule has 0 fully saturated rings. The number of nitrogens with two attached hydrogens (primary N) is 1. The number of rotatable bonds is 4. The van der Waals surface area contributed by atoms with Crippen LogP contribution in [0.25, 0.3) is 0 Å². The fourth-order valence-corrected chi connectivity index (χ4v) is 2.40. The molecular formula is C12H19N3S. The second kappa shape index (κ2) is 5.34. The van der Waals surface area contributed by atoms with E-state index in [2.05, 4.69) is 25.8 Å². The molecule has 0 aliphatic heterocycles. The van der Waals surface area contributed by atoms with Crippen LogP contribution >= 0.6 is 11.8 Å². The third-order valence-corrected chi connectivity index (χ3v) is 4.08. The Kier molecular flexibility index (Phi) is 4.35. The van der Waals surface area contributed by atoms with Crippen LogP contribution in [0.5, 0.6) is 0 Å². The first-order valence-corrected chi connectivity index (χ1v) is 6.28. The van der Waals surface area contributed by atoms with Gasteiger partial charge in [0.25, 0.3) is 0 Å². The van der Waals surface area contributed by atoms with E-state index in [0.29, 0.717) is 11.2 Å². The number of amidine groups is 1. The minimum absolute atomic E-state index is 0.101. The number of thioether (sulfide) groups is 1. The zero-order chi connectivity index (χ0) is 12.3. The first-order chi connectivity index (χ1) is 7.43. The molecule has 1 atom stereocenters. The number of nitrogen functional groups attached to an aromatic ring is 1. The van der Waals surface area contributed by atoms with Gasteiger partial charge in [0.05, 0.1) is 5.56 Å². The van der Waals surface area contributed by atoms with Gasteiger partial charge < -0.3 is 5.73 Å². The molecule has 1 aromatic heterocycles. The van der Waals surface area contributed by atoms with Gasteiger partial charge in [-0.25, -0.2) is 4.98 Å². The van der Waals surface area contributed by atoms with Gasteiger partial charge >= 0.3 is 0 Å². The lowest BCUT2D eigenvalue weighted by atomic mass is 10.1. The number of nitrogens with one attached hydrogen (secondary N) is 1. The maximum Gasteiger partial charge on any atom is 0.125 e. The Morgan fingerprint density at radius 1 is 1.44 bits per heavy atom. The van der Waals surface area contributed by atoms with Gasteiger partial charge in [-0.1, -0.05) is 20.8 Å². The summed E-state index contributed by atoms with van der Waals surface area (Å²) in [7, 11) is 0. The largest absolute Gasteiger partial charge is 0.384 e. The van der Waals surface area contributed by atoms with Crippen LogP contribution < -0.4 is 5.73 Å². The van der Waals surface area contributed by atoms with Crippen molar-refractivity contribution in [3.05, 3.63) is 23.4 Å². The smallest absolute Gasteiger partial charge is 0.125 e. The molecule has 0 saturated heterocycles. The molecule has 1 heterocycles. The standard InChI is InChI=1S/C12H19N3S/c1-7(2)9(4)16-12-10(11(13)14)8(3)5-6-15-12/h5-7,9H,1-4H3,(H3,13,14). The van der Waals surface area contributed by atoms with E-state index in [0.717, 1.165) is 16.2 Å². The second-order valence-corrected chi connectivity index (χ2v) is 5.65. The summed E-state index contributed by atoms with van der Waals surface area (Å²) in [5.74, 6) is 0.677. The second-order valence-electron chi connectivity index (χ2n) is 4.29. The average Bonchev–Trinajstić information content (AvgIpc) is 2.16. The van der Waals surface area contributed by atoms with E-state index < -0.39 is 0 Å². The van der Waals surface area contributed by atoms with E-state index >= 15 is 0 Å². The number of aryl methyl sites for hydroxylation is 1. The van der Waals surface area contributed by atoms with Crippen molar-refractivity contribution in [3.63, 3.8) is 0 Å². The van der Waals surface area contributed by atoms with E-state index in [1.807, 2.05) is 13.0 Å². The van der Waals surface area contributed by atoms with Crippen molar-refractivity contribution >= 4 is 17.6 Å². The average molecular weight is 237 g/mol. The van der Waals surface area contributed by atoms with E-state index in [4.69, 9.17) is 11.1 Å². The predicted molar refractivity (Wildman–Crippen MR) is 70.1 cm³/mol. The lowest BCUT2D eigenvalue weighted by Crippen LogP contribution is -2.16. The van der Waals surface area contributed by atoms with Gasteiger partial charge in [0, 0.05) is 11.4 Å². The molecule has 0 spiro atoms. The van der Waals surface area contributed by atoms with Gasteiger partial charge in [0.15, 0.2) is 0 Å². The highest BCUT2D eigenvalue weighted by Crippen LogP contribution is 2.29. The lowest BCUT2D eigenvalue weighted by Gasteiger charge is -2.17. The third-order valence-electron chi connectivity index (χ3n) is 2.63. The number of nitrogens with zero attached hydrogens (tertiary/aromatic N) is 1. The van der Waals surface area contributed by atoms with Crippen LogP contribution in [0.3, 0.4) is 0 Å². The van der Waals surface area contributed by atoms with Crippen LogP contribution in [0, 0.1) is 18.3 Å². The number of aromatic nitrogens is 1. The van der Waals surface area contributed by atoms with Crippen LogP contribution in [0.2, 0.25) is 0 Å². The van der Waals surface area contributed by atoms with Gasteiger partial charge in [-0.3, -0.25) is 5.41 Å². The summed E-state index contributed by atoms with van der Waals surface area (Å²) < 4.78 is 0. The van der Waals surface area contributed by atoms with Crippen molar-refractivity contribution in [1.82, 2.24) is 4.98 Å². The zero-order valence-corrected chi connectivity index (χ0v) is 11.1. The number of pyridine rings is 1. The minimum Gasteiger partial charge on any atom is -0.384 e. The van der Waals surface area contributed by atoms with Gasteiger partial charge in [-0.15, -0.1) is 11.8 Å². The Morgan fingerprint density at radius 3 is 2.56 bits per heavy atom. The molecule has 1 unspecified atom stereocenters. The maximum atomic E-state index is 7.59. The summed E-state index contributed by atoms with van der Waals surface area (Å²) in [6, 6.07) is 1.89. The highest BCUT2D eigenvalue weighted by molar-refractivity contribution is 7.99. The van der Waals surface area contributed by atoms with Gasteiger partial charge in [-0.2, -0.15) is 0 Å². The molecule has 0 aliphatic rings. The minimum atomic E-state index is 0.101. The third kappa shape index (κ3) is 2.98. The topological polar surface area (TPSA) is 62.8 Å². The summed E-state index contributed by atoms with van der Waals surface area (Å²) in [4.78, 5) is 4.33. The van der Waals surface area contributed by atoms with Crippen molar-refractivity contribution in [2.24, 2.45) is 11.7 Å². The SMILES string of the molecule is Cc1ccnc(SC(C)C(C)C)c1C(=N)N. The fourth-order valence-electron chi connectivity index (χ4n) is 1.26. The number of hydrogen-bond acceptors (Lipinski definition) is 3. The Labute approximate surface area is 101 Å². The monoisotopic (exact) mass is 237 g/mol. The Bertz CT molecular complexity index is 388. The Balaban J connectivity index is 3.04. The molecule has 0 aliphatic carbocycles. The molecule has 0 amide bonds. The first kappa shape index (κ1) is 13.0. The summed E-state index contributed by atoms with van der Waals surface area (Å²) in [5.41, 5.74) is 7.39. The molecular weight excluding hydrogens is 218 g/mol. The van der Waals surface area contributed by atoms with Crippen molar-refractivity contribution < 1.29 is 0 Å². The van der Waals surface area contributed by atoms with Crippen LogP contribution in [-0.4, -0.2) is 16.1 Å². The van der Waals surface area contributed by atoms with E-state index in [9.17, 15) is 0 Å². The maximum absolute atomic E-state index is 7.59. The van der Waals surface area contributed by atoms with Crippen molar-refractivity contribution in [2.75, 3.05) is 0 Å². The van der Waals surface area contributed by atoms with Crippen molar-refractivity contribution in [1.29, 1.82) is 5.41 Å². The molecule has 4 heteroatoms. The highest BCUT2D eigenvalue weighted by Gasteiger charge is 2.15. The predicted octanol–water partition coefficient (Wildman–Crippen LogP) is 2.81. The molecule has 0 bridgehead atoms. The summed E-state index contributed by atoms with van der Waals surface area (Å²) in [6.07, 6.45) is 1.77. The lowest BCUT2D eigenvalue weighted by molar-refractivity contribution is 0.641. The molecule has 16 heavy (non-hydrogen) atoms. The van der Waals surface area contributed by atoms with Gasteiger partial charge in [-0.05, 0) is 24.5 Å². The summed E-state index contributed by atoms with van der Waals surface area (Å²) in [6.45, 7) is 8.49. The molecule has 3 nitrogen and oxygen atoms in total. The van der Waals surface area contributed by atoms with E-state index in [1.165, 1.54) is 0 Å². The molecule has 88 valence electrons. The molecule has 0 aromatic carbocycles. The molecule has 0 saturated carbocycles. The Hall–Kier alpha value is -1.03. The highest BCUT2D eigenvalue weighted by atomic mass is 32.2. The van der Waals surface area contributed by atoms with Crippen LogP contribution in [0.1, 0.15) is 31.9 Å². The van der Waals surface area contributed by atoms with Gasteiger partial charge in [0.2, 0.25) is 0 Å². The normalized spacial score (nSPS) is 12.8. The van der Waals surface area contributed by atoms with Crippen molar-refractivity contribution in [2.45, 2.75) is 38.0 Å². The van der Waals surface area contributed by atoms with E-state index in [-0.39, 0.29) is 5.84 Å². The van der Waals surface area contributed by atoms with E-state index in [1.54, 1.807) is 18.0 Å². The molecule has 1 rings (SSSR count). The summed E-state index contributed by atoms with van der Waals surface area (Å²) in [5, 5.41) is 8.93. The molecule has 0 radical (unpaired) electrons. The quantitative estimate of drug-likeness (QED) is 0.481. The zero-order valence-electron chi connectivity index (χ0n) is 10.2. The van der Waals surface area contributed by atoms with Crippen LogP contribution in [-0.2, 0) is 0 Å².